The van der Waals surface area contributed by atoms with Crippen LogP contribution in [0.15, 0.2) is 31.0 Å². The Morgan fingerprint density at radius 1 is 1.29 bits per heavy atom. The van der Waals surface area contributed by atoms with Crippen LogP contribution in [0.1, 0.15) is 0 Å². The highest BCUT2D eigenvalue weighted by Gasteiger charge is 2.14. The summed E-state index contributed by atoms with van der Waals surface area (Å²) < 4.78 is 9.78. The molecule has 0 saturated heterocycles. The van der Waals surface area contributed by atoms with Gasteiger partial charge >= 0.3 is 0 Å². The van der Waals surface area contributed by atoms with Gasteiger partial charge in [-0.05, 0) is 12.1 Å². The Hall–Kier alpha value is -1.13. The number of nitrogens with zero attached hydrogens (tertiary/aromatic N) is 5. The highest BCUT2D eigenvalue weighted by molar-refractivity contribution is 8.01. The van der Waals surface area contributed by atoms with Gasteiger partial charge in [0.25, 0.3) is 0 Å². The average molecular weight is 379 g/mol. The van der Waals surface area contributed by atoms with Gasteiger partial charge in [0, 0.05) is 46.4 Å². The quantitative estimate of drug-likeness (QED) is 0.356. The van der Waals surface area contributed by atoms with E-state index in [4.69, 9.17) is 4.74 Å². The van der Waals surface area contributed by atoms with Gasteiger partial charge in [0.05, 0.1) is 11.9 Å². The third-order valence-corrected chi connectivity index (χ3v) is 6.78. The van der Waals surface area contributed by atoms with E-state index in [2.05, 4.69) is 43.6 Å². The monoisotopic (exact) mass is 379 g/mol. The molecule has 0 spiro atoms. The maximum Gasteiger partial charge on any atom is 0.145 e. The zero-order chi connectivity index (χ0) is 17.2. The van der Waals surface area contributed by atoms with Crippen LogP contribution in [0, 0.1) is 0 Å². The lowest BCUT2D eigenvalue weighted by atomic mass is 10.2. The fourth-order valence-electron chi connectivity index (χ4n) is 2.39. The molecule has 3 aromatic heterocycles. The summed E-state index contributed by atoms with van der Waals surface area (Å²) in [6.07, 6.45) is 7.48. The topological polar surface area (TPSA) is 57.8 Å². The summed E-state index contributed by atoms with van der Waals surface area (Å²) in [4.78, 5) is 8.88. The standard InChI is InChI=1S/C15H23N5OP2Si/c1-24(2,3)7-6-21-11-19-5-4-13-14(16-10-17-15(13)19)12-8-18-20(9-12)23-22/h4-5,8-10,23H,6-7,11,22H2,1-3H3. The van der Waals surface area contributed by atoms with E-state index in [-0.39, 0.29) is 0 Å². The molecule has 0 amide bonds. The second-order valence-corrected chi connectivity index (χ2v) is 14.0. The Kier molecular flexibility index (Phi) is 5.45. The predicted molar refractivity (Wildman–Crippen MR) is 106 cm³/mol. The maximum atomic E-state index is 5.85. The largest absolute Gasteiger partial charge is 0.361 e. The van der Waals surface area contributed by atoms with E-state index in [0.29, 0.717) is 15.2 Å². The van der Waals surface area contributed by atoms with Gasteiger partial charge < -0.3 is 9.30 Å². The smallest absolute Gasteiger partial charge is 0.145 e. The molecule has 2 unspecified atom stereocenters. The minimum atomic E-state index is -1.06. The van der Waals surface area contributed by atoms with Crippen LogP contribution in [0.25, 0.3) is 22.3 Å². The van der Waals surface area contributed by atoms with Crippen molar-refractivity contribution in [3.05, 3.63) is 31.0 Å². The van der Waals surface area contributed by atoms with Crippen molar-refractivity contribution in [3.63, 3.8) is 0 Å². The minimum Gasteiger partial charge on any atom is -0.361 e. The SMILES string of the molecule is C[Si](C)(C)CCOCn1ccc2c(-c3cnn(PP)c3)ncnc21. The summed E-state index contributed by atoms with van der Waals surface area (Å²) in [6.45, 7) is 8.40. The summed E-state index contributed by atoms with van der Waals surface area (Å²) >= 11 is 0. The van der Waals surface area contributed by atoms with Crippen LogP contribution in [-0.4, -0.2) is 38.8 Å². The molecule has 0 radical (unpaired) electrons. The molecule has 3 rings (SSSR count). The molecule has 0 aliphatic carbocycles. The molecule has 0 saturated carbocycles. The number of fused-ring (bicyclic) bond motifs is 1. The Balaban J connectivity index is 1.79. The normalized spacial score (nSPS) is 12.7. The molecule has 3 heterocycles. The van der Waals surface area contributed by atoms with Gasteiger partial charge in [-0.15, -0.1) is 0 Å². The van der Waals surface area contributed by atoms with Crippen molar-refractivity contribution in [2.45, 2.75) is 32.4 Å². The van der Waals surface area contributed by atoms with Gasteiger partial charge in [-0.25, -0.2) is 9.97 Å². The Labute approximate surface area is 147 Å². The number of hydrogen-bond acceptors (Lipinski definition) is 4. The lowest BCUT2D eigenvalue weighted by Gasteiger charge is -2.15. The second kappa shape index (κ2) is 7.40. The first-order valence-corrected chi connectivity index (χ1v) is 14.3. The van der Waals surface area contributed by atoms with Crippen molar-refractivity contribution in [1.29, 1.82) is 0 Å². The van der Waals surface area contributed by atoms with Crippen LogP contribution in [0.5, 0.6) is 0 Å². The summed E-state index contributed by atoms with van der Waals surface area (Å²) in [7, 11) is 2.16. The lowest BCUT2D eigenvalue weighted by Crippen LogP contribution is -2.22. The zero-order valence-corrected chi connectivity index (χ0v) is 17.4. The molecule has 24 heavy (non-hydrogen) atoms. The molecule has 0 aliphatic heterocycles. The van der Waals surface area contributed by atoms with Gasteiger partial charge in [0.1, 0.15) is 18.7 Å². The third-order valence-electron chi connectivity index (χ3n) is 3.77. The Morgan fingerprint density at radius 3 is 2.83 bits per heavy atom. The molecular weight excluding hydrogens is 356 g/mol. The van der Waals surface area contributed by atoms with Crippen molar-refractivity contribution < 1.29 is 4.74 Å². The van der Waals surface area contributed by atoms with Crippen molar-refractivity contribution in [1.82, 2.24) is 24.1 Å². The molecule has 0 aliphatic rings. The number of hydrogen-bond donors (Lipinski definition) is 0. The Morgan fingerprint density at radius 2 is 2.12 bits per heavy atom. The average Bonchev–Trinajstić information content (AvgIpc) is 3.17. The van der Waals surface area contributed by atoms with E-state index in [1.807, 2.05) is 33.7 Å². The van der Waals surface area contributed by atoms with Crippen molar-refractivity contribution in [2.75, 3.05) is 6.61 Å². The molecule has 0 fully saturated rings. The number of rotatable bonds is 7. The van der Waals surface area contributed by atoms with E-state index in [1.54, 1.807) is 6.33 Å². The fourth-order valence-corrected chi connectivity index (χ4v) is 3.91. The Bertz CT molecular complexity index is 827. The zero-order valence-electron chi connectivity index (χ0n) is 14.2. The van der Waals surface area contributed by atoms with E-state index in [0.717, 1.165) is 28.9 Å². The minimum absolute atomic E-state index is 0.524. The van der Waals surface area contributed by atoms with E-state index >= 15 is 0 Å². The molecular formula is C15H23N5OP2Si. The molecule has 128 valence electrons. The molecule has 3 aromatic rings. The van der Waals surface area contributed by atoms with Crippen LogP contribution in [0.2, 0.25) is 25.7 Å². The lowest BCUT2D eigenvalue weighted by molar-refractivity contribution is 0.0899. The molecule has 6 nitrogen and oxygen atoms in total. The first-order chi connectivity index (χ1) is 11.5. The van der Waals surface area contributed by atoms with Crippen LogP contribution in [0.3, 0.4) is 0 Å². The molecule has 0 N–H and O–H groups in total. The second-order valence-electron chi connectivity index (χ2n) is 6.90. The molecule has 2 atom stereocenters. The van der Waals surface area contributed by atoms with Crippen LogP contribution in [0.4, 0.5) is 0 Å². The van der Waals surface area contributed by atoms with Gasteiger partial charge in [0.15, 0.2) is 0 Å². The van der Waals surface area contributed by atoms with Crippen LogP contribution in [-0.2, 0) is 11.5 Å². The van der Waals surface area contributed by atoms with E-state index < -0.39 is 8.07 Å². The van der Waals surface area contributed by atoms with Gasteiger partial charge in [-0.1, -0.05) is 28.6 Å². The third kappa shape index (κ3) is 4.09. The van der Waals surface area contributed by atoms with Gasteiger partial charge in [0.2, 0.25) is 0 Å². The predicted octanol–water partition coefficient (Wildman–Crippen LogP) is 3.84. The fraction of sp³-hybridized carbons (Fsp3) is 0.400. The van der Waals surface area contributed by atoms with Crippen LogP contribution < -0.4 is 0 Å². The van der Waals surface area contributed by atoms with E-state index in [1.165, 1.54) is 6.04 Å². The maximum absolute atomic E-state index is 5.85. The number of aromatic nitrogens is 5. The first kappa shape index (κ1) is 17.7. The number of ether oxygens (including phenoxy) is 1. The summed E-state index contributed by atoms with van der Waals surface area (Å²) in [5, 5.41) is 5.35. The van der Waals surface area contributed by atoms with Crippen molar-refractivity contribution in [3.8, 4) is 11.3 Å². The molecule has 0 aromatic carbocycles. The van der Waals surface area contributed by atoms with Gasteiger partial charge in [-0.2, -0.15) is 5.10 Å². The van der Waals surface area contributed by atoms with Crippen LogP contribution >= 0.6 is 17.3 Å². The summed E-state index contributed by atoms with van der Waals surface area (Å²) in [5.74, 6) is 0. The van der Waals surface area contributed by atoms with Crippen molar-refractivity contribution >= 4 is 36.5 Å². The van der Waals surface area contributed by atoms with E-state index in [9.17, 15) is 0 Å². The highest BCUT2D eigenvalue weighted by atomic mass is 32.0. The highest BCUT2D eigenvalue weighted by Crippen LogP contribution is 2.29. The summed E-state index contributed by atoms with van der Waals surface area (Å²) in [5.41, 5.74) is 2.82. The summed E-state index contributed by atoms with van der Waals surface area (Å²) in [6, 6.07) is 3.22. The molecule has 0 bridgehead atoms. The first-order valence-electron chi connectivity index (χ1n) is 7.87. The van der Waals surface area contributed by atoms with Crippen molar-refractivity contribution in [2.24, 2.45) is 0 Å². The van der Waals surface area contributed by atoms with Gasteiger partial charge in [-0.3, -0.25) is 4.45 Å². The molecule has 9 heteroatoms.